The van der Waals surface area contributed by atoms with Crippen LogP contribution < -0.4 is 10.2 Å². The van der Waals surface area contributed by atoms with Gasteiger partial charge in [0.1, 0.15) is 5.82 Å². The van der Waals surface area contributed by atoms with Crippen LogP contribution in [0.3, 0.4) is 0 Å². The molecule has 1 aromatic carbocycles. The van der Waals surface area contributed by atoms with E-state index in [1.54, 1.807) is 6.07 Å². The average molecular weight is 348 g/mol. The van der Waals surface area contributed by atoms with Crippen LogP contribution in [0, 0.1) is 15.3 Å². The number of anilines is 2. The summed E-state index contributed by atoms with van der Waals surface area (Å²) in [5, 5.41) is 2.85. The first-order valence-corrected chi connectivity index (χ1v) is 6.65. The number of nitrogens with one attached hydrogen (secondary N) is 1. The van der Waals surface area contributed by atoms with Crippen molar-refractivity contribution in [1.29, 1.82) is 0 Å². The Balaban J connectivity index is 2.52. The molecule has 1 aliphatic rings. The van der Waals surface area contributed by atoms with Crippen LogP contribution >= 0.6 is 22.6 Å². The van der Waals surface area contributed by atoms with E-state index in [1.807, 2.05) is 41.3 Å². The molecule has 1 unspecified atom stereocenters. The summed E-state index contributed by atoms with van der Waals surface area (Å²) in [4.78, 5) is 13.8. The van der Waals surface area contributed by atoms with E-state index >= 15 is 0 Å². The van der Waals surface area contributed by atoms with Gasteiger partial charge in [0.05, 0.1) is 20.9 Å². The second kappa shape index (κ2) is 4.80. The van der Waals surface area contributed by atoms with E-state index in [4.69, 9.17) is 0 Å². The number of nitrogens with zero attached hydrogens (tertiary/aromatic N) is 1. The zero-order valence-electron chi connectivity index (χ0n) is 9.76. The van der Waals surface area contributed by atoms with Crippen molar-refractivity contribution in [2.45, 2.75) is 13.8 Å². The Kier molecular flexibility index (Phi) is 3.56. The van der Waals surface area contributed by atoms with E-state index in [-0.39, 0.29) is 17.6 Å². The predicted molar refractivity (Wildman–Crippen MR) is 74.8 cm³/mol. The fourth-order valence-electron chi connectivity index (χ4n) is 1.97. The van der Waals surface area contributed by atoms with E-state index in [1.165, 1.54) is 6.07 Å². The van der Waals surface area contributed by atoms with Crippen molar-refractivity contribution in [3.05, 3.63) is 21.5 Å². The molecule has 0 bridgehead atoms. The number of carbonyl (C=O) groups excluding carboxylic acids is 1. The number of halogens is 2. The summed E-state index contributed by atoms with van der Waals surface area (Å²) in [6.45, 7) is 5.26. The summed E-state index contributed by atoms with van der Waals surface area (Å²) < 4.78 is 14.1. The fraction of sp³-hybridized carbons (Fsp3) is 0.417. The molecule has 0 radical (unpaired) electrons. The van der Waals surface area contributed by atoms with Crippen molar-refractivity contribution in [1.82, 2.24) is 0 Å². The quantitative estimate of drug-likeness (QED) is 0.792. The molecule has 2 rings (SSSR count). The minimum absolute atomic E-state index is 0.00962. The minimum Gasteiger partial charge on any atom is -0.369 e. The molecular weight excluding hydrogens is 334 g/mol. The summed E-state index contributed by atoms with van der Waals surface area (Å²) in [6.07, 6.45) is 0. The smallest absolute Gasteiger partial charge is 0.229 e. The highest BCUT2D eigenvalue weighted by molar-refractivity contribution is 14.1. The Bertz CT molecular complexity index is 464. The molecule has 1 amide bonds. The molecule has 0 saturated carbocycles. The van der Waals surface area contributed by atoms with Gasteiger partial charge in [0.15, 0.2) is 0 Å². The highest BCUT2D eigenvalue weighted by Crippen LogP contribution is 2.32. The third kappa shape index (κ3) is 2.38. The Morgan fingerprint density at radius 1 is 1.59 bits per heavy atom. The maximum Gasteiger partial charge on any atom is 0.229 e. The predicted octanol–water partition coefficient (Wildman–Crippen LogP) is 2.84. The SMILES string of the molecule is CCN1CC(C)C(=O)Nc2cc(I)c(F)cc21. The van der Waals surface area contributed by atoms with E-state index in [0.717, 1.165) is 12.2 Å². The van der Waals surface area contributed by atoms with Crippen molar-refractivity contribution >= 4 is 39.9 Å². The standard InChI is InChI=1S/C12H14FIN2O/c1-3-16-6-7(2)12(17)15-10-5-9(14)8(13)4-11(10)16/h4-5,7H,3,6H2,1-2H3,(H,15,17). The lowest BCUT2D eigenvalue weighted by Gasteiger charge is -2.23. The molecule has 0 aliphatic carbocycles. The number of benzene rings is 1. The second-order valence-corrected chi connectivity index (χ2v) is 5.37. The topological polar surface area (TPSA) is 32.3 Å². The minimum atomic E-state index is -0.244. The van der Waals surface area contributed by atoms with Gasteiger partial charge < -0.3 is 10.2 Å². The molecule has 1 atom stereocenters. The maximum absolute atomic E-state index is 13.6. The van der Waals surface area contributed by atoms with Gasteiger partial charge in [-0.1, -0.05) is 6.92 Å². The van der Waals surface area contributed by atoms with Crippen LogP contribution in [0.25, 0.3) is 0 Å². The van der Waals surface area contributed by atoms with Gasteiger partial charge in [-0.05, 0) is 35.6 Å². The molecule has 3 nitrogen and oxygen atoms in total. The zero-order valence-corrected chi connectivity index (χ0v) is 11.9. The molecule has 0 aromatic heterocycles. The van der Waals surface area contributed by atoms with Crippen molar-refractivity contribution in [3.63, 3.8) is 0 Å². The van der Waals surface area contributed by atoms with Gasteiger partial charge in [-0.25, -0.2) is 4.39 Å². The Labute approximate surface area is 114 Å². The molecule has 0 fully saturated rings. The van der Waals surface area contributed by atoms with E-state index in [9.17, 15) is 9.18 Å². The van der Waals surface area contributed by atoms with Crippen molar-refractivity contribution in [2.24, 2.45) is 5.92 Å². The van der Waals surface area contributed by atoms with E-state index < -0.39 is 0 Å². The third-order valence-electron chi connectivity index (χ3n) is 2.96. The number of rotatable bonds is 1. The first-order chi connectivity index (χ1) is 8.02. The Hall–Kier alpha value is -0.850. The number of amides is 1. The largest absolute Gasteiger partial charge is 0.369 e. The second-order valence-electron chi connectivity index (χ2n) is 4.21. The van der Waals surface area contributed by atoms with Crippen LogP contribution in [0.2, 0.25) is 0 Å². The van der Waals surface area contributed by atoms with Gasteiger partial charge >= 0.3 is 0 Å². The van der Waals surface area contributed by atoms with Crippen molar-refractivity contribution < 1.29 is 9.18 Å². The van der Waals surface area contributed by atoms with Crippen LogP contribution in [-0.4, -0.2) is 19.0 Å². The number of fused-ring (bicyclic) bond motifs is 1. The lowest BCUT2D eigenvalue weighted by Crippen LogP contribution is -2.30. The lowest BCUT2D eigenvalue weighted by molar-refractivity contribution is -0.119. The molecule has 1 N–H and O–H groups in total. The molecule has 0 saturated heterocycles. The van der Waals surface area contributed by atoms with Crippen LogP contribution in [0.4, 0.5) is 15.8 Å². The highest BCUT2D eigenvalue weighted by Gasteiger charge is 2.25. The summed E-state index contributed by atoms with van der Waals surface area (Å²) in [5.74, 6) is -0.348. The molecule has 5 heteroatoms. The van der Waals surface area contributed by atoms with Crippen LogP contribution in [0.5, 0.6) is 0 Å². The third-order valence-corrected chi connectivity index (χ3v) is 3.79. The molecular formula is C12H14FIN2O. The van der Waals surface area contributed by atoms with Gasteiger partial charge in [0.25, 0.3) is 0 Å². The van der Waals surface area contributed by atoms with E-state index in [0.29, 0.717) is 15.8 Å². The van der Waals surface area contributed by atoms with Gasteiger partial charge in [-0.3, -0.25) is 4.79 Å². The molecule has 1 heterocycles. The average Bonchev–Trinajstić information content (AvgIpc) is 2.40. The number of hydrogen-bond donors (Lipinski definition) is 1. The van der Waals surface area contributed by atoms with Crippen LogP contribution in [0.1, 0.15) is 13.8 Å². The van der Waals surface area contributed by atoms with Gasteiger partial charge in [0, 0.05) is 19.2 Å². The summed E-state index contributed by atoms with van der Waals surface area (Å²) >= 11 is 1.93. The summed E-state index contributed by atoms with van der Waals surface area (Å²) in [6, 6.07) is 3.18. The Morgan fingerprint density at radius 2 is 2.29 bits per heavy atom. The van der Waals surface area contributed by atoms with Gasteiger partial charge in [0.2, 0.25) is 5.91 Å². The van der Waals surface area contributed by atoms with Crippen LogP contribution in [-0.2, 0) is 4.79 Å². The molecule has 1 aromatic rings. The maximum atomic E-state index is 13.6. The van der Waals surface area contributed by atoms with E-state index in [2.05, 4.69) is 5.32 Å². The first-order valence-electron chi connectivity index (χ1n) is 5.57. The highest BCUT2D eigenvalue weighted by atomic mass is 127. The van der Waals surface area contributed by atoms with Crippen molar-refractivity contribution in [3.8, 4) is 0 Å². The molecule has 92 valence electrons. The lowest BCUT2D eigenvalue weighted by atomic mass is 10.1. The van der Waals surface area contributed by atoms with Gasteiger partial charge in [-0.2, -0.15) is 0 Å². The fourth-order valence-corrected chi connectivity index (χ4v) is 2.43. The summed E-state index contributed by atoms with van der Waals surface area (Å²) in [7, 11) is 0. The molecule has 1 aliphatic heterocycles. The van der Waals surface area contributed by atoms with Crippen molar-refractivity contribution in [2.75, 3.05) is 23.3 Å². The molecule has 0 spiro atoms. The number of carbonyl (C=O) groups is 1. The summed E-state index contributed by atoms with van der Waals surface area (Å²) in [5.41, 5.74) is 1.47. The Morgan fingerprint density at radius 3 is 2.94 bits per heavy atom. The zero-order chi connectivity index (χ0) is 12.6. The van der Waals surface area contributed by atoms with Gasteiger partial charge in [-0.15, -0.1) is 0 Å². The number of hydrogen-bond acceptors (Lipinski definition) is 2. The molecule has 17 heavy (non-hydrogen) atoms. The monoisotopic (exact) mass is 348 g/mol. The van der Waals surface area contributed by atoms with Crippen LogP contribution in [0.15, 0.2) is 12.1 Å². The normalized spacial score (nSPS) is 19.6. The first kappa shape index (κ1) is 12.6.